The van der Waals surface area contributed by atoms with E-state index in [1.165, 1.54) is 6.92 Å². The first-order valence-electron chi connectivity index (χ1n) is 2.41. The zero-order valence-electron chi connectivity index (χ0n) is 5.32. The second-order valence-electron chi connectivity index (χ2n) is 2.28. The fourth-order valence-corrected chi connectivity index (χ4v) is 0.0719. The minimum atomic E-state index is -0.903. The summed E-state index contributed by atoms with van der Waals surface area (Å²) >= 11 is 0. The van der Waals surface area contributed by atoms with Crippen molar-refractivity contribution in [3.05, 3.63) is 0 Å². The summed E-state index contributed by atoms with van der Waals surface area (Å²) in [6, 6.07) is 0. The van der Waals surface area contributed by atoms with E-state index in [-0.39, 0.29) is 5.78 Å². The van der Waals surface area contributed by atoms with Gasteiger partial charge in [0.2, 0.25) is 6.29 Å². The highest BCUT2D eigenvalue weighted by atomic mass is 16.1. The maximum absolute atomic E-state index is 10.4. The van der Waals surface area contributed by atoms with Crippen LogP contribution in [-0.2, 0) is 9.59 Å². The summed E-state index contributed by atoms with van der Waals surface area (Å²) in [4.78, 5) is 20.4. The summed E-state index contributed by atoms with van der Waals surface area (Å²) in [7, 11) is 0. The van der Waals surface area contributed by atoms with E-state index in [1.54, 1.807) is 20.1 Å². The van der Waals surface area contributed by atoms with E-state index in [2.05, 4.69) is 0 Å². The molecule has 8 heavy (non-hydrogen) atoms. The number of ketones is 1. The van der Waals surface area contributed by atoms with Gasteiger partial charge < -0.3 is 0 Å². The van der Waals surface area contributed by atoms with Crippen molar-refractivity contribution < 1.29 is 9.59 Å². The third-order valence-electron chi connectivity index (χ3n) is 1.14. The van der Waals surface area contributed by atoms with Crippen molar-refractivity contribution in [3.63, 3.8) is 0 Å². The lowest BCUT2D eigenvalue weighted by molar-refractivity contribution is -0.121. The molecule has 0 aromatic carbocycles. The van der Waals surface area contributed by atoms with Crippen LogP contribution >= 0.6 is 0 Å². The molecule has 2 nitrogen and oxygen atoms in total. The van der Waals surface area contributed by atoms with Crippen molar-refractivity contribution in [2.75, 3.05) is 0 Å². The predicted octanol–water partition coefficient (Wildman–Crippen LogP) is 0.711. The highest BCUT2D eigenvalue weighted by molar-refractivity contribution is 5.95. The molecule has 0 unspecified atom stereocenters. The summed E-state index contributed by atoms with van der Waals surface area (Å²) in [6.07, 6.45) is 1.64. The Kier molecular flexibility index (Phi) is 1.90. The number of hydrogen-bond acceptors (Lipinski definition) is 2. The van der Waals surface area contributed by atoms with Crippen LogP contribution in [0.25, 0.3) is 0 Å². The van der Waals surface area contributed by atoms with Crippen molar-refractivity contribution >= 4 is 12.1 Å². The van der Waals surface area contributed by atoms with Crippen LogP contribution in [0.5, 0.6) is 0 Å². The van der Waals surface area contributed by atoms with Crippen LogP contribution in [0.3, 0.4) is 0 Å². The smallest absolute Gasteiger partial charge is 0.212 e. The van der Waals surface area contributed by atoms with Gasteiger partial charge in [0.25, 0.3) is 0 Å². The fraction of sp³-hybridized carbons (Fsp3) is 0.667. The summed E-state index contributed by atoms with van der Waals surface area (Å²) < 4.78 is 0. The van der Waals surface area contributed by atoms with Crippen LogP contribution in [0.4, 0.5) is 0 Å². The molecule has 0 aliphatic carbocycles. The monoisotopic (exact) mass is 113 g/mol. The van der Waals surface area contributed by atoms with Gasteiger partial charge in [-0.1, -0.05) is 0 Å². The van der Waals surface area contributed by atoms with Crippen molar-refractivity contribution in [3.8, 4) is 0 Å². The molecule has 0 aromatic rings. The molecule has 45 valence electrons. The van der Waals surface area contributed by atoms with E-state index < -0.39 is 5.41 Å². The first kappa shape index (κ1) is 7.34. The standard InChI is InChI=1S/C6H9O2/c1-5(8)6(2,3)4-7/h1-3H3. The van der Waals surface area contributed by atoms with Gasteiger partial charge in [0, 0.05) is 0 Å². The minimum Gasteiger partial charge on any atom is -0.299 e. The molecular formula is C6H9O2. The summed E-state index contributed by atoms with van der Waals surface area (Å²) in [5, 5.41) is 0. The summed E-state index contributed by atoms with van der Waals surface area (Å²) in [5.41, 5.74) is -0.903. The third-order valence-corrected chi connectivity index (χ3v) is 1.14. The molecule has 1 radical (unpaired) electrons. The lowest BCUT2D eigenvalue weighted by atomic mass is 9.91. The normalized spacial score (nSPS) is 10.9. The van der Waals surface area contributed by atoms with Crippen LogP contribution in [-0.4, -0.2) is 12.1 Å². The summed E-state index contributed by atoms with van der Waals surface area (Å²) in [6.45, 7) is 4.47. The van der Waals surface area contributed by atoms with E-state index in [0.717, 1.165) is 0 Å². The Morgan fingerprint density at radius 2 is 1.88 bits per heavy atom. The highest BCUT2D eigenvalue weighted by Gasteiger charge is 2.22. The van der Waals surface area contributed by atoms with Gasteiger partial charge in [-0.2, -0.15) is 0 Å². The van der Waals surface area contributed by atoms with Gasteiger partial charge >= 0.3 is 0 Å². The molecule has 0 atom stereocenters. The molecule has 0 aliphatic heterocycles. The van der Waals surface area contributed by atoms with Gasteiger partial charge in [-0.05, 0) is 20.8 Å². The van der Waals surface area contributed by atoms with E-state index in [0.29, 0.717) is 0 Å². The zero-order chi connectivity index (χ0) is 6.78. The highest BCUT2D eigenvalue weighted by Crippen LogP contribution is 2.10. The fourth-order valence-electron chi connectivity index (χ4n) is 0.0719. The van der Waals surface area contributed by atoms with E-state index in [9.17, 15) is 9.59 Å². The second-order valence-corrected chi connectivity index (χ2v) is 2.28. The van der Waals surface area contributed by atoms with E-state index in [4.69, 9.17) is 0 Å². The van der Waals surface area contributed by atoms with Crippen molar-refractivity contribution in [2.45, 2.75) is 20.8 Å². The molecule has 0 bridgehead atoms. The topological polar surface area (TPSA) is 34.1 Å². The van der Waals surface area contributed by atoms with Crippen LogP contribution in [0.15, 0.2) is 0 Å². The summed E-state index contributed by atoms with van der Waals surface area (Å²) in [5.74, 6) is -0.146. The average Bonchev–Trinajstić information content (AvgIpc) is 1.67. The van der Waals surface area contributed by atoms with Gasteiger partial charge in [0.1, 0.15) is 5.78 Å². The van der Waals surface area contributed by atoms with Crippen LogP contribution < -0.4 is 0 Å². The first-order valence-corrected chi connectivity index (χ1v) is 2.41. The maximum atomic E-state index is 10.4. The van der Waals surface area contributed by atoms with E-state index in [1.807, 2.05) is 0 Å². The molecule has 0 aliphatic rings. The Balaban J connectivity index is 4.12. The Labute approximate surface area is 48.9 Å². The Morgan fingerprint density at radius 1 is 1.50 bits per heavy atom. The molecule has 0 rings (SSSR count). The van der Waals surface area contributed by atoms with Crippen LogP contribution in [0, 0.1) is 5.41 Å². The van der Waals surface area contributed by atoms with Gasteiger partial charge in [-0.3, -0.25) is 9.59 Å². The average molecular weight is 113 g/mol. The lowest BCUT2D eigenvalue weighted by Crippen LogP contribution is -2.22. The van der Waals surface area contributed by atoms with Gasteiger partial charge in [-0.15, -0.1) is 0 Å². The van der Waals surface area contributed by atoms with Crippen molar-refractivity contribution in [1.29, 1.82) is 0 Å². The number of carbonyl (C=O) groups is 1. The SMILES string of the molecule is CC(=O)C(C)(C)[C]=O. The molecular weight excluding hydrogens is 104 g/mol. The van der Waals surface area contributed by atoms with Gasteiger partial charge in [0.05, 0.1) is 5.41 Å². The van der Waals surface area contributed by atoms with Crippen molar-refractivity contribution in [2.24, 2.45) is 5.41 Å². The first-order chi connectivity index (χ1) is 3.50. The lowest BCUT2D eigenvalue weighted by Gasteiger charge is -2.08. The van der Waals surface area contributed by atoms with Gasteiger partial charge in [-0.25, -0.2) is 0 Å². The molecule has 0 saturated carbocycles. The second kappa shape index (κ2) is 2.07. The quantitative estimate of drug-likeness (QED) is 0.494. The molecule has 2 heteroatoms. The van der Waals surface area contributed by atoms with Crippen molar-refractivity contribution in [1.82, 2.24) is 0 Å². The van der Waals surface area contributed by atoms with Gasteiger partial charge in [0.15, 0.2) is 0 Å². The zero-order valence-corrected chi connectivity index (χ0v) is 5.32. The Bertz CT molecular complexity index is 114. The largest absolute Gasteiger partial charge is 0.299 e. The molecule has 0 N–H and O–H groups in total. The number of rotatable bonds is 2. The molecule has 0 spiro atoms. The predicted molar refractivity (Wildman–Crippen MR) is 30.2 cm³/mol. The maximum Gasteiger partial charge on any atom is 0.212 e. The third kappa shape index (κ3) is 1.45. The van der Waals surface area contributed by atoms with Crippen LogP contribution in [0.2, 0.25) is 0 Å². The Hall–Kier alpha value is -0.660. The molecule has 0 saturated heterocycles. The number of carbonyl (C=O) groups excluding carboxylic acids is 2. The molecule has 0 heterocycles. The number of hydrogen-bond donors (Lipinski definition) is 0. The molecule has 0 fully saturated rings. The molecule has 0 amide bonds. The van der Waals surface area contributed by atoms with Crippen LogP contribution in [0.1, 0.15) is 20.8 Å². The number of Topliss-reactive ketones (excluding diaryl/α,β-unsaturated/α-hetero) is 1. The van der Waals surface area contributed by atoms with E-state index >= 15 is 0 Å². The Morgan fingerprint density at radius 3 is 1.88 bits per heavy atom. The molecule has 0 aromatic heterocycles. The minimum absolute atomic E-state index is 0.146.